The maximum absolute atomic E-state index is 13.5. The number of nitrogens with zero attached hydrogens (tertiary/aromatic N) is 3. The summed E-state index contributed by atoms with van der Waals surface area (Å²) in [6.07, 6.45) is 0.842. The second-order valence-electron chi connectivity index (χ2n) is 7.93. The molecule has 1 atom stereocenters. The number of hydrogen-bond acceptors (Lipinski definition) is 3. The Balaban J connectivity index is 1.48. The monoisotopic (exact) mass is 442 g/mol. The molecule has 0 fully saturated rings. The zero-order chi connectivity index (χ0) is 22.2. The fourth-order valence-corrected chi connectivity index (χ4v) is 4.12. The van der Waals surface area contributed by atoms with E-state index in [1.165, 1.54) is 24.6 Å². The van der Waals surface area contributed by atoms with E-state index in [2.05, 4.69) is 14.8 Å². The number of hydrogen-bond donors (Lipinski definition) is 1. The maximum Gasteiger partial charge on any atom is 0.283 e. The van der Waals surface area contributed by atoms with Crippen LogP contribution in [-0.2, 0) is 37.0 Å². The van der Waals surface area contributed by atoms with Gasteiger partial charge >= 0.3 is 0 Å². The van der Waals surface area contributed by atoms with Crippen LogP contribution >= 0.6 is 9.24 Å². The molecule has 0 aliphatic carbocycles. The Labute approximate surface area is 182 Å². The molecule has 4 rings (SSSR count). The smallest absolute Gasteiger partial charge is 0.283 e. The number of nitrogens with one attached hydrogen (secondary N) is 1. The quantitative estimate of drug-likeness (QED) is 0.591. The molecule has 1 aromatic heterocycles. The van der Waals surface area contributed by atoms with Gasteiger partial charge < -0.3 is 9.88 Å². The third-order valence-electron chi connectivity index (χ3n) is 5.54. The van der Waals surface area contributed by atoms with Gasteiger partial charge in [0.1, 0.15) is 5.82 Å². The molecule has 162 valence electrons. The molecule has 0 spiro atoms. The van der Waals surface area contributed by atoms with Gasteiger partial charge in [-0.25, -0.2) is 4.98 Å². The normalized spacial score (nSPS) is 14.4. The average Bonchev–Trinajstić information content (AvgIpc) is 3.05. The first-order valence-electron chi connectivity index (χ1n) is 10.1. The van der Waals surface area contributed by atoms with Crippen molar-refractivity contribution in [3.8, 4) is 11.4 Å². The summed E-state index contributed by atoms with van der Waals surface area (Å²) in [6, 6.07) is 14.2. The van der Waals surface area contributed by atoms with Crippen molar-refractivity contribution in [2.45, 2.75) is 32.1 Å². The van der Waals surface area contributed by atoms with E-state index < -0.39 is 5.66 Å². The Morgan fingerprint density at radius 3 is 2.45 bits per heavy atom. The molecule has 5 nitrogen and oxygen atoms in total. The zero-order valence-corrected chi connectivity index (χ0v) is 18.7. The average molecular weight is 442 g/mol. The first kappa shape index (κ1) is 21.6. The molecule has 2 heterocycles. The summed E-state index contributed by atoms with van der Waals surface area (Å²) in [7, 11) is 3.55. The van der Waals surface area contributed by atoms with E-state index >= 15 is 0 Å². The van der Waals surface area contributed by atoms with Crippen LogP contribution < -0.4 is 5.32 Å². The van der Waals surface area contributed by atoms with E-state index in [1.807, 2.05) is 31.3 Å². The molecular weight excluding hydrogens is 417 g/mol. The van der Waals surface area contributed by atoms with Crippen molar-refractivity contribution in [3.63, 3.8) is 0 Å². The lowest BCUT2D eigenvalue weighted by Crippen LogP contribution is -2.31. The molecule has 0 bridgehead atoms. The molecule has 0 saturated carbocycles. The number of rotatable bonds is 5. The van der Waals surface area contributed by atoms with Crippen molar-refractivity contribution in [3.05, 3.63) is 71.0 Å². The number of anilines is 1. The van der Waals surface area contributed by atoms with Crippen molar-refractivity contribution in [2.24, 2.45) is 7.05 Å². The van der Waals surface area contributed by atoms with Crippen LogP contribution in [0.2, 0.25) is 0 Å². The zero-order valence-electron chi connectivity index (χ0n) is 17.5. The molecule has 0 radical (unpaired) electrons. The van der Waals surface area contributed by atoms with Crippen molar-refractivity contribution >= 4 is 20.8 Å². The van der Waals surface area contributed by atoms with Crippen LogP contribution in [0.25, 0.3) is 11.4 Å². The Morgan fingerprint density at radius 2 is 1.84 bits per heavy atom. The van der Waals surface area contributed by atoms with Crippen LogP contribution in [0.15, 0.2) is 48.5 Å². The highest BCUT2D eigenvalue weighted by Gasteiger charge is 2.26. The van der Waals surface area contributed by atoms with E-state index in [0.29, 0.717) is 0 Å². The molecular formula is C23H25F2N4OP. The number of halogens is 2. The highest BCUT2D eigenvalue weighted by atomic mass is 31.0. The maximum atomic E-state index is 13.5. The van der Waals surface area contributed by atoms with Crippen LogP contribution in [0.1, 0.15) is 29.4 Å². The van der Waals surface area contributed by atoms with Gasteiger partial charge in [-0.1, -0.05) is 45.6 Å². The summed E-state index contributed by atoms with van der Waals surface area (Å²) in [5.74, 6) is 0.713. The summed E-state index contributed by atoms with van der Waals surface area (Å²) in [5, 5.41) is 2.78. The number of alkyl halides is 2. The Kier molecular flexibility index (Phi) is 5.91. The van der Waals surface area contributed by atoms with Crippen LogP contribution in [0, 0.1) is 0 Å². The summed E-state index contributed by atoms with van der Waals surface area (Å²) in [5.41, 5.74) is 2.05. The molecule has 8 heteroatoms. The van der Waals surface area contributed by atoms with Crippen molar-refractivity contribution in [1.82, 2.24) is 14.5 Å². The van der Waals surface area contributed by atoms with E-state index in [-0.39, 0.29) is 11.5 Å². The topological polar surface area (TPSA) is 50.2 Å². The summed E-state index contributed by atoms with van der Waals surface area (Å²) in [6.45, 7) is 3.97. The number of carbonyl (C=O) groups is 1. The van der Waals surface area contributed by atoms with Crippen molar-refractivity contribution in [1.29, 1.82) is 0 Å². The van der Waals surface area contributed by atoms with E-state index in [9.17, 15) is 13.6 Å². The third-order valence-corrected chi connectivity index (χ3v) is 5.88. The molecule has 1 N–H and O–H groups in total. The summed E-state index contributed by atoms with van der Waals surface area (Å²) >= 11 is 0. The highest BCUT2D eigenvalue weighted by Crippen LogP contribution is 2.36. The van der Waals surface area contributed by atoms with Crippen LogP contribution in [0.3, 0.4) is 0 Å². The van der Waals surface area contributed by atoms with Gasteiger partial charge in [0.2, 0.25) is 5.91 Å². The first-order valence-corrected chi connectivity index (χ1v) is 10.7. The minimum Gasteiger partial charge on any atom is -0.330 e. The standard InChI is InChI=1S/C23H25F2N4OP/c1-15(30)26-19-9-3-16(4-10-19)13-29-12-11-20-21(14-29)28(2)22(27-20)17-5-7-18(8-6-17)23(24,25)31/h3-10H,11-14,31H2,1-2H3,(H,26,30). The van der Waals surface area contributed by atoms with Crippen LogP contribution in [-0.4, -0.2) is 26.9 Å². The molecule has 3 aromatic rings. The predicted octanol–water partition coefficient (Wildman–Crippen LogP) is 4.53. The third kappa shape index (κ3) is 4.83. The van der Waals surface area contributed by atoms with Crippen LogP contribution in [0.5, 0.6) is 0 Å². The predicted molar refractivity (Wildman–Crippen MR) is 121 cm³/mol. The highest BCUT2D eigenvalue weighted by molar-refractivity contribution is 7.17. The van der Waals surface area contributed by atoms with Crippen molar-refractivity contribution in [2.75, 3.05) is 11.9 Å². The lowest BCUT2D eigenvalue weighted by molar-refractivity contribution is -0.114. The molecule has 0 saturated heterocycles. The van der Waals surface area contributed by atoms with Gasteiger partial charge in [0.05, 0.1) is 11.4 Å². The van der Waals surface area contributed by atoms with E-state index in [1.54, 1.807) is 21.4 Å². The van der Waals surface area contributed by atoms with Gasteiger partial charge in [0.15, 0.2) is 0 Å². The Hall–Kier alpha value is -2.63. The number of imidazole rings is 1. The lowest BCUT2D eigenvalue weighted by atomic mass is 10.1. The Bertz CT molecular complexity index is 1090. The molecule has 1 aliphatic rings. The molecule has 31 heavy (non-hydrogen) atoms. The SMILES string of the molecule is CC(=O)Nc1ccc(CN2CCc3nc(-c4ccc(C(F)(F)P)cc4)n(C)c3C2)cc1. The summed E-state index contributed by atoms with van der Waals surface area (Å²) < 4.78 is 29.0. The van der Waals surface area contributed by atoms with Gasteiger partial charge in [0.25, 0.3) is 5.66 Å². The van der Waals surface area contributed by atoms with Gasteiger partial charge in [-0.2, -0.15) is 8.78 Å². The molecule has 1 unspecified atom stereocenters. The number of fused-ring (bicyclic) bond motifs is 1. The fraction of sp³-hybridized carbons (Fsp3) is 0.304. The first-order chi connectivity index (χ1) is 14.7. The van der Waals surface area contributed by atoms with E-state index in [0.717, 1.165) is 54.5 Å². The fourth-order valence-electron chi connectivity index (χ4n) is 3.93. The van der Waals surface area contributed by atoms with Gasteiger partial charge in [-0.3, -0.25) is 9.69 Å². The summed E-state index contributed by atoms with van der Waals surface area (Å²) in [4.78, 5) is 18.3. The second kappa shape index (κ2) is 8.48. The minimum atomic E-state index is -2.93. The van der Waals surface area contributed by atoms with Crippen LogP contribution in [0.4, 0.5) is 14.5 Å². The van der Waals surface area contributed by atoms with Crippen molar-refractivity contribution < 1.29 is 13.6 Å². The second-order valence-corrected chi connectivity index (χ2v) is 8.65. The number of benzene rings is 2. The van der Waals surface area contributed by atoms with Gasteiger partial charge in [-0.05, 0) is 17.7 Å². The Morgan fingerprint density at radius 1 is 1.16 bits per heavy atom. The molecule has 2 aromatic carbocycles. The minimum absolute atomic E-state index is 0.0316. The molecule has 1 amide bonds. The van der Waals surface area contributed by atoms with E-state index in [4.69, 9.17) is 4.98 Å². The number of aromatic nitrogens is 2. The number of amides is 1. The number of carbonyl (C=O) groups excluding carboxylic acids is 1. The van der Waals surface area contributed by atoms with Gasteiger partial charge in [-0.15, -0.1) is 0 Å². The largest absolute Gasteiger partial charge is 0.330 e. The van der Waals surface area contributed by atoms with Gasteiger partial charge in [0, 0.05) is 56.8 Å². The molecule has 1 aliphatic heterocycles. The lowest BCUT2D eigenvalue weighted by Gasteiger charge is -2.27.